The maximum absolute atomic E-state index is 14.0. The van der Waals surface area contributed by atoms with Gasteiger partial charge in [-0.2, -0.15) is 0 Å². The lowest BCUT2D eigenvalue weighted by molar-refractivity contribution is -0.162. The summed E-state index contributed by atoms with van der Waals surface area (Å²) in [4.78, 5) is 53.4. The van der Waals surface area contributed by atoms with Crippen LogP contribution in [0.5, 0.6) is 5.75 Å². The lowest BCUT2D eigenvalue weighted by Crippen LogP contribution is -2.68. The number of nitrogens with zero attached hydrogens (tertiary/aromatic N) is 1. The molecule has 6 unspecified atom stereocenters. The van der Waals surface area contributed by atoms with Gasteiger partial charge in [-0.05, 0) is 50.7 Å². The number of aliphatic hydroxyl groups excluding tert-OH is 3. The number of fused-ring (bicyclic) bond motifs is 3. The van der Waals surface area contributed by atoms with Gasteiger partial charge in [0.25, 0.3) is 15.9 Å². The fraction of sp³-hybridized carbons (Fsp3) is 0.333. The predicted molar refractivity (Wildman–Crippen MR) is 160 cm³/mol. The molecule has 6 atom stereocenters. The summed E-state index contributed by atoms with van der Waals surface area (Å²) in [7, 11) is -1.46. The standard InChI is InChI=1S/C30H32N4O11S/c1-11-5-7-13(8-6-11)46(44,45)33-29(42)32-15-10-9-14-12(2)16-18(23(36)17(14)22(15)35)26(39)30(43)20(24(16)37)21(34(3)4)25(38)19(27(30)40)28(31)41/h5-10,12,16,20-21,24,35,37-39,43H,1-4H3,(H2,31,41)(H2,32,33,42). The number of nitrogens with two attached hydrogens (primary N) is 1. The van der Waals surface area contributed by atoms with E-state index in [2.05, 4.69) is 5.32 Å². The number of rotatable bonds is 5. The fourth-order valence-corrected chi connectivity index (χ4v) is 7.68. The van der Waals surface area contributed by atoms with Crippen LogP contribution in [0.4, 0.5) is 10.5 Å². The van der Waals surface area contributed by atoms with Gasteiger partial charge in [0.05, 0.1) is 34.2 Å². The van der Waals surface area contributed by atoms with Crippen molar-refractivity contribution < 1.29 is 53.1 Å². The van der Waals surface area contributed by atoms with Gasteiger partial charge in [-0.3, -0.25) is 19.3 Å². The minimum Gasteiger partial charge on any atom is -0.510 e. The average Bonchev–Trinajstić information content (AvgIpc) is 2.95. The van der Waals surface area contributed by atoms with Crippen molar-refractivity contribution in [2.45, 2.75) is 42.4 Å². The number of aromatic hydroxyl groups is 1. The summed E-state index contributed by atoms with van der Waals surface area (Å²) in [5.41, 5.74) is 0.671. The quantitative estimate of drug-likeness (QED) is 0.161. The highest BCUT2D eigenvalue weighted by Crippen LogP contribution is 2.56. The van der Waals surface area contributed by atoms with Gasteiger partial charge in [-0.25, -0.2) is 17.9 Å². The van der Waals surface area contributed by atoms with Crippen LogP contribution in [-0.4, -0.2) is 94.2 Å². The van der Waals surface area contributed by atoms with Gasteiger partial charge < -0.3 is 36.6 Å². The topological polar surface area (TPSA) is 257 Å². The molecule has 3 aliphatic rings. The summed E-state index contributed by atoms with van der Waals surface area (Å²) in [6, 6.07) is 5.52. The van der Waals surface area contributed by atoms with E-state index in [9.17, 15) is 53.1 Å². The molecular formula is C30H32N4O11S. The molecule has 0 aromatic heterocycles. The maximum Gasteiger partial charge on any atom is 0.333 e. The first-order valence-electron chi connectivity index (χ1n) is 13.9. The summed E-state index contributed by atoms with van der Waals surface area (Å²) < 4.78 is 27.1. The number of hydrogen-bond donors (Lipinski definition) is 8. The van der Waals surface area contributed by atoms with Crippen LogP contribution in [0.25, 0.3) is 0 Å². The first-order chi connectivity index (χ1) is 21.4. The van der Waals surface area contributed by atoms with Gasteiger partial charge in [0.2, 0.25) is 5.78 Å². The number of hydrogen-bond acceptors (Lipinski definition) is 12. The summed E-state index contributed by atoms with van der Waals surface area (Å²) in [5, 5.41) is 59.1. The normalized spacial score (nSPS) is 27.6. The van der Waals surface area contributed by atoms with E-state index in [0.717, 1.165) is 5.56 Å². The highest BCUT2D eigenvalue weighted by atomic mass is 32.2. The summed E-state index contributed by atoms with van der Waals surface area (Å²) in [6.07, 6.45) is -1.77. The number of likely N-dealkylation sites (N-methyl/N-ethyl adjacent to an activating group) is 1. The van der Waals surface area contributed by atoms with E-state index >= 15 is 0 Å². The van der Waals surface area contributed by atoms with Crippen LogP contribution < -0.4 is 15.8 Å². The Morgan fingerprint density at radius 1 is 1.02 bits per heavy atom. The first kappa shape index (κ1) is 32.6. The van der Waals surface area contributed by atoms with E-state index in [1.165, 1.54) is 55.4 Å². The number of aryl methyl sites for hydroxylation is 1. The molecule has 0 saturated heterocycles. The average molecular weight is 657 g/mol. The number of ketones is 2. The summed E-state index contributed by atoms with van der Waals surface area (Å²) in [5.74, 6) is -10.7. The third-order valence-electron chi connectivity index (χ3n) is 8.94. The van der Waals surface area contributed by atoms with Crippen LogP contribution >= 0.6 is 0 Å². The molecule has 3 amide bonds. The van der Waals surface area contributed by atoms with Crippen LogP contribution in [0.2, 0.25) is 0 Å². The van der Waals surface area contributed by atoms with Crippen molar-refractivity contribution in [1.82, 2.24) is 9.62 Å². The zero-order valence-electron chi connectivity index (χ0n) is 25.0. The van der Waals surface area contributed by atoms with E-state index in [4.69, 9.17) is 5.73 Å². The van der Waals surface area contributed by atoms with Crippen molar-refractivity contribution in [3.63, 3.8) is 0 Å². The molecule has 9 N–H and O–H groups in total. The SMILES string of the molecule is Cc1ccc(S(=O)(=O)NC(=O)Nc2ccc3c(c2O)C(=O)C2=C(O)C4(O)C(=O)C(C(N)=O)=C(O)C(N(C)C)C4C(O)C2C3C)cc1. The van der Waals surface area contributed by atoms with Crippen LogP contribution in [-0.2, 0) is 19.6 Å². The Balaban J connectivity index is 1.58. The van der Waals surface area contributed by atoms with Gasteiger partial charge in [0.1, 0.15) is 17.1 Å². The van der Waals surface area contributed by atoms with Crippen molar-refractivity contribution >= 4 is 39.2 Å². The van der Waals surface area contributed by atoms with Gasteiger partial charge in [0, 0.05) is 11.5 Å². The molecule has 16 heteroatoms. The molecule has 5 rings (SSSR count). The molecule has 46 heavy (non-hydrogen) atoms. The number of phenols is 1. The number of aliphatic hydroxyl groups is 4. The first-order valence-corrected chi connectivity index (χ1v) is 15.4. The number of anilines is 1. The van der Waals surface area contributed by atoms with Crippen LogP contribution in [0.3, 0.4) is 0 Å². The number of benzene rings is 2. The second-order valence-corrected chi connectivity index (χ2v) is 13.5. The van der Waals surface area contributed by atoms with Gasteiger partial charge in [-0.1, -0.05) is 30.7 Å². The molecule has 3 aliphatic carbocycles. The number of phenolic OH excluding ortho intramolecular Hbond substituents is 1. The van der Waals surface area contributed by atoms with Crippen LogP contribution in [0, 0.1) is 18.8 Å². The van der Waals surface area contributed by atoms with Crippen LogP contribution in [0.15, 0.2) is 64.0 Å². The Morgan fingerprint density at radius 2 is 1.63 bits per heavy atom. The Kier molecular flexibility index (Phi) is 7.76. The van der Waals surface area contributed by atoms with Crippen molar-refractivity contribution in [1.29, 1.82) is 0 Å². The Hall–Kier alpha value is -4.77. The predicted octanol–water partition coefficient (Wildman–Crippen LogP) is 0.471. The minimum atomic E-state index is -4.32. The molecule has 0 fully saturated rings. The van der Waals surface area contributed by atoms with Crippen molar-refractivity contribution in [2.24, 2.45) is 17.6 Å². The summed E-state index contributed by atoms with van der Waals surface area (Å²) in [6.45, 7) is 3.29. The number of carbonyl (C=O) groups is 4. The van der Waals surface area contributed by atoms with E-state index in [-0.39, 0.29) is 10.5 Å². The third kappa shape index (κ3) is 4.63. The molecule has 0 bridgehead atoms. The number of amides is 3. The molecule has 15 nitrogen and oxygen atoms in total. The number of urea groups is 1. The van der Waals surface area contributed by atoms with Gasteiger partial charge >= 0.3 is 6.03 Å². The van der Waals surface area contributed by atoms with E-state index < -0.39 is 109 Å². The Morgan fingerprint density at radius 3 is 2.20 bits per heavy atom. The number of nitrogens with one attached hydrogen (secondary N) is 2. The Bertz CT molecular complexity index is 1880. The third-order valence-corrected chi connectivity index (χ3v) is 10.3. The second kappa shape index (κ2) is 10.9. The number of carbonyl (C=O) groups excluding carboxylic acids is 4. The molecule has 0 saturated carbocycles. The van der Waals surface area contributed by atoms with Crippen molar-refractivity contribution in [3.05, 3.63) is 75.8 Å². The molecule has 2 aromatic carbocycles. The molecule has 0 heterocycles. The monoisotopic (exact) mass is 656 g/mol. The second-order valence-electron chi connectivity index (χ2n) is 11.8. The molecule has 0 radical (unpaired) electrons. The lowest BCUT2D eigenvalue weighted by Gasteiger charge is -2.53. The van der Waals surface area contributed by atoms with Crippen molar-refractivity contribution in [3.8, 4) is 5.75 Å². The summed E-state index contributed by atoms with van der Waals surface area (Å²) >= 11 is 0. The molecule has 244 valence electrons. The van der Waals surface area contributed by atoms with E-state index in [1.54, 1.807) is 18.6 Å². The smallest absolute Gasteiger partial charge is 0.333 e. The Labute approximate surface area is 262 Å². The number of Topliss-reactive ketones (excluding diaryl/α,β-unsaturated/α-hetero) is 2. The highest BCUT2D eigenvalue weighted by Gasteiger charge is 2.67. The van der Waals surface area contributed by atoms with E-state index in [0.29, 0.717) is 0 Å². The fourth-order valence-electron chi connectivity index (χ4n) is 6.77. The minimum absolute atomic E-state index is 0.160. The lowest BCUT2D eigenvalue weighted by atomic mass is 9.55. The van der Waals surface area contributed by atoms with Gasteiger partial charge in [0.15, 0.2) is 17.1 Å². The molecule has 0 aliphatic heterocycles. The molecular weight excluding hydrogens is 624 g/mol. The largest absolute Gasteiger partial charge is 0.510 e. The zero-order valence-corrected chi connectivity index (χ0v) is 25.8. The van der Waals surface area contributed by atoms with Crippen molar-refractivity contribution in [2.75, 3.05) is 19.4 Å². The molecule has 2 aromatic rings. The van der Waals surface area contributed by atoms with E-state index in [1.807, 2.05) is 0 Å². The number of primary amides is 1. The zero-order chi connectivity index (χ0) is 34.2. The highest BCUT2D eigenvalue weighted by molar-refractivity contribution is 7.90. The maximum atomic E-state index is 14.0. The molecule has 0 spiro atoms. The number of sulfonamides is 1. The van der Waals surface area contributed by atoms with Gasteiger partial charge in [-0.15, -0.1) is 0 Å². The van der Waals surface area contributed by atoms with Crippen LogP contribution in [0.1, 0.15) is 34.3 Å².